The Hall–Kier alpha value is -4.70. The van der Waals surface area contributed by atoms with E-state index in [0.29, 0.717) is 0 Å². The summed E-state index contributed by atoms with van der Waals surface area (Å²) in [6.07, 6.45) is 5.03. The van der Waals surface area contributed by atoms with Gasteiger partial charge in [0.05, 0.1) is 11.3 Å². The van der Waals surface area contributed by atoms with Crippen LogP contribution in [0.15, 0.2) is 182 Å². The summed E-state index contributed by atoms with van der Waals surface area (Å²) in [7, 11) is -4.21. The van der Waals surface area contributed by atoms with Crippen molar-refractivity contribution in [1.82, 2.24) is 0 Å². The van der Waals surface area contributed by atoms with Gasteiger partial charge in [0.2, 0.25) is 0 Å². The first-order valence-corrected chi connectivity index (χ1v) is 20.0. The molecule has 6 rings (SSSR count). The third-order valence-corrected chi connectivity index (χ3v) is 15.9. The smallest absolute Gasteiger partial charge is 0.0620 e. The first-order valence-electron chi connectivity index (χ1n) is 16.5. The monoisotopic (exact) mass is 642 g/mol. The van der Waals surface area contributed by atoms with E-state index in [0.717, 1.165) is 32.1 Å². The van der Waals surface area contributed by atoms with E-state index in [9.17, 15) is 0 Å². The molecule has 0 unspecified atom stereocenters. The molecule has 0 aliphatic heterocycles. The quantitative estimate of drug-likeness (QED) is 0.0796. The Morgan fingerprint density at radius 1 is 0.277 bits per heavy atom. The molecule has 0 aliphatic carbocycles. The first kappa shape index (κ1) is 32.2. The van der Waals surface area contributed by atoms with E-state index in [1.54, 1.807) is 0 Å². The summed E-state index contributed by atoms with van der Waals surface area (Å²) in [5.74, 6) is 7.34. The van der Waals surface area contributed by atoms with Crippen molar-refractivity contribution in [3.05, 3.63) is 182 Å². The Bertz CT molecular complexity index is 1590. The minimum atomic E-state index is -2.11. The molecule has 47 heavy (non-hydrogen) atoms. The predicted molar refractivity (Wildman–Crippen MR) is 209 cm³/mol. The van der Waals surface area contributed by atoms with Gasteiger partial charge in [-0.3, -0.25) is 0 Å². The predicted octanol–water partition coefficient (Wildman–Crippen LogP) is 8.85. The molecule has 0 spiro atoms. The Balaban J connectivity index is 1.20. The average molecular weight is 643 g/mol. The van der Waals surface area contributed by atoms with Crippen molar-refractivity contribution in [2.24, 2.45) is 0 Å². The number of benzene rings is 6. The maximum Gasteiger partial charge on any atom is 0.189 e. The van der Waals surface area contributed by atoms with Crippen molar-refractivity contribution in [3.63, 3.8) is 0 Å². The molecular formula is C45H40P2+2. The van der Waals surface area contributed by atoms with E-state index in [4.69, 9.17) is 0 Å². The van der Waals surface area contributed by atoms with Crippen LogP contribution in [0.1, 0.15) is 32.1 Å². The second-order valence-electron chi connectivity index (χ2n) is 11.5. The molecule has 0 saturated heterocycles. The molecule has 6 aromatic rings. The Labute approximate surface area is 282 Å². The largest absolute Gasteiger partial charge is 0.189 e. The van der Waals surface area contributed by atoms with Gasteiger partial charge < -0.3 is 0 Å². The van der Waals surface area contributed by atoms with Gasteiger partial charge in [-0.15, -0.1) is 0 Å². The summed E-state index contributed by atoms with van der Waals surface area (Å²) in [5, 5.41) is 7.85. The molecule has 228 valence electrons. The van der Waals surface area contributed by atoms with Crippen LogP contribution in [0.25, 0.3) is 0 Å². The standard InChI is InChI=1S/C45H40P2/c1(2-4-24-38-46(40-26-12-6-13-27-40,41-28-14-7-15-29-41)42-30-16-8-17-31-42)3-5-25-39-47(43-32-18-9-19-33-43,44-34-20-10-21-35-44)45-36-22-11-23-37-45/h6-23,26-37H,1-5H2/q+2. The van der Waals surface area contributed by atoms with Gasteiger partial charge in [0.15, 0.2) is 14.5 Å². The second-order valence-corrected chi connectivity index (χ2v) is 17.7. The molecule has 6 aromatic carbocycles. The van der Waals surface area contributed by atoms with E-state index in [2.05, 4.69) is 205 Å². The molecule has 2 heteroatoms. The van der Waals surface area contributed by atoms with Gasteiger partial charge in [-0.25, -0.2) is 0 Å². The maximum absolute atomic E-state index is 3.90. The average Bonchev–Trinajstić information content (AvgIpc) is 3.16. The highest BCUT2D eigenvalue weighted by Crippen LogP contribution is 2.55. The fraction of sp³-hybridized carbons (Fsp3) is 0.111. The molecule has 0 fully saturated rings. The van der Waals surface area contributed by atoms with Crippen molar-refractivity contribution in [2.45, 2.75) is 32.1 Å². The second kappa shape index (κ2) is 16.2. The fourth-order valence-electron chi connectivity index (χ4n) is 6.14. The molecule has 0 radical (unpaired) electrons. The van der Waals surface area contributed by atoms with Gasteiger partial charge in [-0.2, -0.15) is 0 Å². The zero-order valence-corrected chi connectivity index (χ0v) is 28.5. The van der Waals surface area contributed by atoms with Gasteiger partial charge in [0.1, 0.15) is 31.8 Å². The molecule has 0 N–H and O–H groups in total. The summed E-state index contributed by atoms with van der Waals surface area (Å²) in [5.41, 5.74) is 7.79. The highest BCUT2D eigenvalue weighted by atomic mass is 31.2. The van der Waals surface area contributed by atoms with Crippen LogP contribution in [0.2, 0.25) is 0 Å². The first-order chi connectivity index (χ1) is 23.3. The van der Waals surface area contributed by atoms with E-state index >= 15 is 0 Å². The molecule has 0 heterocycles. The Kier molecular flexibility index (Phi) is 11.1. The summed E-state index contributed by atoms with van der Waals surface area (Å²) in [6.45, 7) is 0. The van der Waals surface area contributed by atoms with Gasteiger partial charge >= 0.3 is 0 Å². The summed E-state index contributed by atoms with van der Waals surface area (Å²) >= 11 is 0. The van der Waals surface area contributed by atoms with E-state index in [1.165, 1.54) is 31.8 Å². The van der Waals surface area contributed by atoms with Crippen LogP contribution < -0.4 is 31.8 Å². The SMILES string of the molecule is C(#C[P+](c1ccccc1)(c1ccccc1)c1ccccc1)CCCCCC#C[P+](c1ccccc1)(c1ccccc1)c1ccccc1. The topological polar surface area (TPSA) is 0 Å². The zero-order valence-electron chi connectivity index (χ0n) is 26.8. The molecule has 0 aromatic heterocycles. The van der Waals surface area contributed by atoms with E-state index in [-0.39, 0.29) is 0 Å². The normalized spacial score (nSPS) is 11.1. The molecule has 0 amide bonds. The van der Waals surface area contributed by atoms with Crippen molar-refractivity contribution < 1.29 is 0 Å². The summed E-state index contributed by atoms with van der Waals surface area (Å²) in [4.78, 5) is 0. The van der Waals surface area contributed by atoms with Crippen molar-refractivity contribution >= 4 is 46.4 Å². The molecular weight excluding hydrogens is 602 g/mol. The molecule has 0 atom stereocenters. The van der Waals surface area contributed by atoms with Gasteiger partial charge in [-0.05, 0) is 85.6 Å². The molecule has 0 saturated carbocycles. The van der Waals surface area contributed by atoms with Crippen molar-refractivity contribution in [2.75, 3.05) is 0 Å². The molecule has 0 nitrogen and oxygen atoms in total. The van der Waals surface area contributed by atoms with E-state index in [1.807, 2.05) is 0 Å². The lowest BCUT2D eigenvalue weighted by Gasteiger charge is -2.21. The van der Waals surface area contributed by atoms with Crippen molar-refractivity contribution in [3.8, 4) is 23.2 Å². The van der Waals surface area contributed by atoms with Gasteiger partial charge in [-0.1, -0.05) is 127 Å². The lowest BCUT2D eigenvalue weighted by atomic mass is 10.1. The fourth-order valence-corrected chi connectivity index (χ4v) is 13.1. The number of unbranched alkanes of at least 4 members (excludes halogenated alkanes) is 4. The minimum Gasteiger partial charge on any atom is -0.0620 e. The zero-order chi connectivity index (χ0) is 32.0. The lowest BCUT2D eigenvalue weighted by molar-refractivity contribution is 0.709. The van der Waals surface area contributed by atoms with Crippen LogP contribution in [-0.2, 0) is 0 Å². The lowest BCUT2D eigenvalue weighted by Crippen LogP contribution is -2.29. The van der Waals surface area contributed by atoms with Gasteiger partial charge in [0, 0.05) is 12.8 Å². The van der Waals surface area contributed by atoms with Crippen molar-refractivity contribution in [1.29, 1.82) is 0 Å². The van der Waals surface area contributed by atoms with Crippen LogP contribution in [0, 0.1) is 23.2 Å². The highest BCUT2D eigenvalue weighted by Gasteiger charge is 2.45. The highest BCUT2D eigenvalue weighted by molar-refractivity contribution is 8.00. The third-order valence-electron chi connectivity index (χ3n) is 8.46. The maximum atomic E-state index is 3.90. The minimum absolute atomic E-state index is 0.886. The number of hydrogen-bond donors (Lipinski definition) is 0. The summed E-state index contributed by atoms with van der Waals surface area (Å²) in [6, 6.07) is 65.3. The van der Waals surface area contributed by atoms with Gasteiger partial charge in [0.25, 0.3) is 0 Å². The van der Waals surface area contributed by atoms with Crippen LogP contribution in [0.4, 0.5) is 0 Å². The number of rotatable bonds is 10. The number of hydrogen-bond acceptors (Lipinski definition) is 0. The Morgan fingerprint density at radius 3 is 0.702 bits per heavy atom. The third kappa shape index (κ3) is 7.33. The Morgan fingerprint density at radius 2 is 0.489 bits per heavy atom. The molecule has 0 bridgehead atoms. The van der Waals surface area contributed by atoms with Crippen LogP contribution in [-0.4, -0.2) is 0 Å². The van der Waals surface area contributed by atoms with Crippen LogP contribution in [0.3, 0.4) is 0 Å². The van der Waals surface area contributed by atoms with Crippen LogP contribution in [0.5, 0.6) is 0 Å². The van der Waals surface area contributed by atoms with E-state index < -0.39 is 14.5 Å². The molecule has 0 aliphatic rings. The van der Waals surface area contributed by atoms with Crippen LogP contribution >= 0.6 is 14.5 Å². The summed E-state index contributed by atoms with van der Waals surface area (Å²) < 4.78 is 0.